The first-order valence-electron chi connectivity index (χ1n) is 9.73. The van der Waals surface area contributed by atoms with E-state index < -0.39 is 0 Å². The smallest absolute Gasteiger partial charge is 0.273 e. The number of aryl methyl sites for hydroxylation is 3. The number of fused-ring (bicyclic) bond motifs is 1. The molecule has 2 heterocycles. The minimum atomic E-state index is -0.277. The van der Waals surface area contributed by atoms with Gasteiger partial charge in [-0.3, -0.25) is 15.0 Å². The van der Waals surface area contributed by atoms with Crippen LogP contribution in [0.4, 0.5) is 5.69 Å². The Balaban J connectivity index is 1.78. The molecule has 0 radical (unpaired) electrons. The van der Waals surface area contributed by atoms with Gasteiger partial charge in [0.2, 0.25) is 0 Å². The molecule has 144 valence electrons. The van der Waals surface area contributed by atoms with Crippen LogP contribution < -0.4 is 0 Å². The largest absolute Gasteiger partial charge is 0.350 e. The fourth-order valence-electron chi connectivity index (χ4n) is 4.17. The van der Waals surface area contributed by atoms with Crippen molar-refractivity contribution in [1.29, 1.82) is 0 Å². The predicted molar refractivity (Wildman–Crippen MR) is 110 cm³/mol. The van der Waals surface area contributed by atoms with Gasteiger partial charge >= 0.3 is 0 Å². The Morgan fingerprint density at radius 3 is 2.64 bits per heavy atom. The van der Waals surface area contributed by atoms with Gasteiger partial charge in [0, 0.05) is 43.2 Å². The fraction of sp³-hybridized carbons (Fsp3) is 0.304. The van der Waals surface area contributed by atoms with E-state index in [-0.39, 0.29) is 16.7 Å². The van der Waals surface area contributed by atoms with E-state index in [1.807, 2.05) is 12.1 Å². The Morgan fingerprint density at radius 2 is 1.86 bits per heavy atom. The Morgan fingerprint density at radius 1 is 1.04 bits per heavy atom. The zero-order chi connectivity index (χ0) is 19.7. The third kappa shape index (κ3) is 3.45. The quantitative estimate of drug-likeness (QED) is 0.476. The first-order valence-corrected chi connectivity index (χ1v) is 9.73. The second kappa shape index (κ2) is 7.60. The molecule has 0 saturated carbocycles. The molecule has 0 bridgehead atoms. The highest BCUT2D eigenvalue weighted by molar-refractivity contribution is 5.41. The molecule has 1 aromatic heterocycles. The second-order valence-electron chi connectivity index (χ2n) is 7.58. The van der Waals surface area contributed by atoms with Gasteiger partial charge in [0.1, 0.15) is 0 Å². The molecule has 4 rings (SSSR count). The molecule has 0 saturated heterocycles. The summed E-state index contributed by atoms with van der Waals surface area (Å²) in [7, 11) is 0. The van der Waals surface area contributed by atoms with Gasteiger partial charge in [0.25, 0.3) is 5.69 Å². The van der Waals surface area contributed by atoms with Crippen molar-refractivity contribution in [2.75, 3.05) is 6.54 Å². The Kier molecular flexibility index (Phi) is 5.01. The molecule has 2 aromatic carbocycles. The summed E-state index contributed by atoms with van der Waals surface area (Å²) in [5.41, 5.74) is 5.99. The monoisotopic (exact) mass is 375 g/mol. The molecule has 1 atom stereocenters. The second-order valence-corrected chi connectivity index (χ2v) is 7.58. The maximum Gasteiger partial charge on any atom is 0.273 e. The fourth-order valence-corrected chi connectivity index (χ4v) is 4.17. The van der Waals surface area contributed by atoms with Crippen LogP contribution in [0.1, 0.15) is 40.4 Å². The van der Waals surface area contributed by atoms with E-state index in [1.54, 1.807) is 12.1 Å². The number of nitro benzene ring substituents is 1. The van der Waals surface area contributed by atoms with Crippen LogP contribution in [-0.4, -0.2) is 20.9 Å². The topological polar surface area (TPSA) is 51.3 Å². The van der Waals surface area contributed by atoms with Gasteiger partial charge in [-0.05, 0) is 49.1 Å². The van der Waals surface area contributed by atoms with E-state index in [1.165, 1.54) is 22.4 Å². The number of rotatable bonds is 4. The van der Waals surface area contributed by atoms with Gasteiger partial charge in [-0.15, -0.1) is 0 Å². The van der Waals surface area contributed by atoms with E-state index in [0.717, 1.165) is 25.1 Å². The number of aromatic nitrogens is 1. The van der Waals surface area contributed by atoms with Crippen LogP contribution in [0, 0.1) is 24.0 Å². The molecule has 28 heavy (non-hydrogen) atoms. The molecule has 0 N–H and O–H groups in total. The van der Waals surface area contributed by atoms with E-state index in [9.17, 15) is 10.1 Å². The van der Waals surface area contributed by atoms with Crippen molar-refractivity contribution in [3.05, 3.63) is 98.9 Å². The van der Waals surface area contributed by atoms with Crippen molar-refractivity contribution in [1.82, 2.24) is 9.47 Å². The lowest BCUT2D eigenvalue weighted by molar-refractivity contribution is -0.385. The van der Waals surface area contributed by atoms with E-state index >= 15 is 0 Å². The summed E-state index contributed by atoms with van der Waals surface area (Å²) in [5, 5.41) is 11.5. The number of hydrogen-bond donors (Lipinski definition) is 0. The lowest BCUT2D eigenvalue weighted by Crippen LogP contribution is -2.29. The lowest BCUT2D eigenvalue weighted by atomic mass is 9.97. The minimum Gasteiger partial charge on any atom is -0.350 e. The highest BCUT2D eigenvalue weighted by Crippen LogP contribution is 2.35. The van der Waals surface area contributed by atoms with Crippen LogP contribution in [0.15, 0.2) is 60.8 Å². The number of nitro groups is 1. The first-order chi connectivity index (χ1) is 13.5. The minimum absolute atomic E-state index is 0.0802. The molecule has 5 nitrogen and oxygen atoms in total. The van der Waals surface area contributed by atoms with Crippen LogP contribution in [0.2, 0.25) is 0 Å². The first kappa shape index (κ1) is 18.4. The van der Waals surface area contributed by atoms with Crippen molar-refractivity contribution in [3.8, 4) is 0 Å². The van der Waals surface area contributed by atoms with Gasteiger partial charge < -0.3 is 4.57 Å². The van der Waals surface area contributed by atoms with E-state index in [2.05, 4.69) is 59.8 Å². The normalized spacial score (nSPS) is 17.1. The number of para-hydroxylation sites is 1. The van der Waals surface area contributed by atoms with Gasteiger partial charge in [0.15, 0.2) is 0 Å². The van der Waals surface area contributed by atoms with Crippen molar-refractivity contribution in [2.45, 2.75) is 39.4 Å². The van der Waals surface area contributed by atoms with Crippen molar-refractivity contribution in [3.63, 3.8) is 0 Å². The van der Waals surface area contributed by atoms with Crippen LogP contribution in [0.25, 0.3) is 0 Å². The lowest BCUT2D eigenvalue weighted by Gasteiger charge is -2.31. The predicted octanol–water partition coefficient (Wildman–Crippen LogP) is 5.01. The van der Waals surface area contributed by atoms with Crippen molar-refractivity contribution >= 4 is 5.69 Å². The summed E-state index contributed by atoms with van der Waals surface area (Å²) in [5.74, 6) is 0. The molecular weight excluding hydrogens is 350 g/mol. The van der Waals surface area contributed by atoms with Crippen LogP contribution in [0.5, 0.6) is 0 Å². The van der Waals surface area contributed by atoms with Crippen molar-refractivity contribution < 1.29 is 4.92 Å². The maximum atomic E-state index is 11.5. The molecule has 1 aliphatic rings. The summed E-state index contributed by atoms with van der Waals surface area (Å²) in [4.78, 5) is 13.6. The van der Waals surface area contributed by atoms with Gasteiger partial charge in [0.05, 0.1) is 11.0 Å². The Labute approximate surface area is 165 Å². The Bertz CT molecular complexity index is 1010. The zero-order valence-electron chi connectivity index (χ0n) is 16.3. The standard InChI is InChI=1S/C23H25N3O2/c1-17-10-11-19(15-18(17)2)23-22-9-5-12-24(22)13-6-14-25(23)16-20-7-3-4-8-21(20)26(27)28/h3-5,7-12,15,23H,6,13-14,16H2,1-2H3. The molecule has 0 spiro atoms. The van der Waals surface area contributed by atoms with Gasteiger partial charge in [-0.25, -0.2) is 0 Å². The highest BCUT2D eigenvalue weighted by Gasteiger charge is 2.29. The molecule has 0 amide bonds. The average molecular weight is 375 g/mol. The van der Waals surface area contributed by atoms with Crippen LogP contribution >= 0.6 is 0 Å². The van der Waals surface area contributed by atoms with Crippen LogP contribution in [0.3, 0.4) is 0 Å². The number of hydrogen-bond acceptors (Lipinski definition) is 3. The molecule has 1 unspecified atom stereocenters. The summed E-state index contributed by atoms with van der Waals surface area (Å²) in [6, 6.07) is 18.1. The number of benzene rings is 2. The summed E-state index contributed by atoms with van der Waals surface area (Å²) in [6.45, 7) is 6.68. The van der Waals surface area contributed by atoms with Crippen LogP contribution in [-0.2, 0) is 13.1 Å². The molecule has 0 aliphatic carbocycles. The van der Waals surface area contributed by atoms with E-state index in [4.69, 9.17) is 0 Å². The molecule has 0 fully saturated rings. The van der Waals surface area contributed by atoms with Gasteiger partial charge in [-0.1, -0.05) is 36.4 Å². The summed E-state index contributed by atoms with van der Waals surface area (Å²) >= 11 is 0. The summed E-state index contributed by atoms with van der Waals surface area (Å²) < 4.78 is 2.32. The van der Waals surface area contributed by atoms with Gasteiger partial charge in [-0.2, -0.15) is 0 Å². The maximum absolute atomic E-state index is 11.5. The molecular formula is C23H25N3O2. The SMILES string of the molecule is Cc1ccc(C2c3cccn3CCCN2Cc2ccccc2[N+](=O)[O-])cc1C. The highest BCUT2D eigenvalue weighted by atomic mass is 16.6. The third-order valence-corrected chi connectivity index (χ3v) is 5.76. The summed E-state index contributed by atoms with van der Waals surface area (Å²) in [6.07, 6.45) is 3.15. The average Bonchev–Trinajstić information content (AvgIpc) is 3.06. The molecule has 5 heteroatoms. The van der Waals surface area contributed by atoms with Crippen molar-refractivity contribution in [2.24, 2.45) is 0 Å². The molecule has 1 aliphatic heterocycles. The van der Waals surface area contributed by atoms with E-state index in [0.29, 0.717) is 6.54 Å². The third-order valence-electron chi connectivity index (χ3n) is 5.76. The Hall–Kier alpha value is -2.92. The number of nitrogens with zero attached hydrogens (tertiary/aromatic N) is 3. The zero-order valence-corrected chi connectivity index (χ0v) is 16.3. The molecule has 3 aromatic rings.